The van der Waals surface area contributed by atoms with Gasteiger partial charge in [-0.15, -0.1) is 0 Å². The number of hydrogen-bond acceptors (Lipinski definition) is 4. The summed E-state index contributed by atoms with van der Waals surface area (Å²) in [6.45, 7) is 4.18. The third kappa shape index (κ3) is 4.42. The third-order valence-corrected chi connectivity index (χ3v) is 4.25. The number of anilines is 2. The van der Waals surface area contributed by atoms with E-state index in [-0.39, 0.29) is 11.7 Å². The van der Waals surface area contributed by atoms with Crippen molar-refractivity contribution in [3.8, 4) is 11.6 Å². The highest BCUT2D eigenvalue weighted by Gasteiger charge is 2.36. The molecule has 0 atom stereocenters. The van der Waals surface area contributed by atoms with Gasteiger partial charge < -0.3 is 9.64 Å². The molecule has 0 amide bonds. The van der Waals surface area contributed by atoms with Crippen LogP contribution >= 0.6 is 0 Å². The van der Waals surface area contributed by atoms with Crippen molar-refractivity contribution >= 4 is 11.6 Å². The van der Waals surface area contributed by atoms with Crippen molar-refractivity contribution in [1.29, 1.82) is 0 Å². The molecule has 0 aliphatic rings. The number of ether oxygens (including phenoxy) is 1. The first-order valence-corrected chi connectivity index (χ1v) is 8.76. The Morgan fingerprint density at radius 2 is 1.61 bits per heavy atom. The van der Waals surface area contributed by atoms with Crippen LogP contribution in [0.1, 0.15) is 30.9 Å². The second-order valence-electron chi connectivity index (χ2n) is 6.61. The summed E-state index contributed by atoms with van der Waals surface area (Å²) in [4.78, 5) is 9.55. The number of rotatable bonds is 5. The van der Waals surface area contributed by atoms with Crippen LogP contribution < -0.4 is 9.64 Å². The molecule has 7 heteroatoms. The van der Waals surface area contributed by atoms with Crippen molar-refractivity contribution in [2.75, 3.05) is 11.9 Å². The molecule has 0 N–H and O–H groups in total. The van der Waals surface area contributed by atoms with Crippen LogP contribution in [0.15, 0.2) is 60.8 Å². The van der Waals surface area contributed by atoms with Gasteiger partial charge in [0.05, 0.1) is 0 Å². The second-order valence-corrected chi connectivity index (χ2v) is 6.61. The zero-order valence-corrected chi connectivity index (χ0v) is 15.7. The minimum atomic E-state index is -4.62. The SMILES string of the molecule is CC(C)c1ccc(N(C)c2ncc(C(F)(F)F)c(Oc3ccccc3)n2)cc1. The molecule has 146 valence electrons. The number of aromatic nitrogens is 2. The molecule has 0 saturated heterocycles. The lowest BCUT2D eigenvalue weighted by Gasteiger charge is -2.20. The molecule has 0 aliphatic carbocycles. The highest BCUT2D eigenvalue weighted by atomic mass is 19.4. The lowest BCUT2D eigenvalue weighted by atomic mass is 10.0. The van der Waals surface area contributed by atoms with Crippen LogP contribution in [-0.2, 0) is 6.18 Å². The van der Waals surface area contributed by atoms with Crippen molar-refractivity contribution in [1.82, 2.24) is 9.97 Å². The average Bonchev–Trinajstić information content (AvgIpc) is 2.67. The first-order valence-electron chi connectivity index (χ1n) is 8.76. The number of hydrogen-bond donors (Lipinski definition) is 0. The molecule has 1 aromatic heterocycles. The number of alkyl halides is 3. The fraction of sp³-hybridized carbons (Fsp3) is 0.238. The summed E-state index contributed by atoms with van der Waals surface area (Å²) in [5, 5.41) is 0. The molecule has 4 nitrogen and oxygen atoms in total. The lowest BCUT2D eigenvalue weighted by molar-refractivity contribution is -0.139. The van der Waals surface area contributed by atoms with Gasteiger partial charge in [0.1, 0.15) is 11.3 Å². The fourth-order valence-electron chi connectivity index (χ4n) is 2.59. The first-order chi connectivity index (χ1) is 13.3. The number of para-hydroxylation sites is 1. The summed E-state index contributed by atoms with van der Waals surface area (Å²) < 4.78 is 45.5. The molecular formula is C21H20F3N3O. The van der Waals surface area contributed by atoms with E-state index in [1.54, 1.807) is 42.3 Å². The van der Waals surface area contributed by atoms with Crippen LogP contribution in [0, 0.1) is 0 Å². The van der Waals surface area contributed by atoms with Crippen LogP contribution in [0.3, 0.4) is 0 Å². The number of nitrogens with zero attached hydrogens (tertiary/aromatic N) is 3. The normalized spacial score (nSPS) is 11.5. The van der Waals surface area contributed by atoms with Crippen molar-refractivity contribution in [2.24, 2.45) is 0 Å². The van der Waals surface area contributed by atoms with E-state index in [1.807, 2.05) is 24.3 Å². The van der Waals surface area contributed by atoms with Crippen LogP contribution in [0.25, 0.3) is 0 Å². The Morgan fingerprint density at radius 3 is 2.18 bits per heavy atom. The van der Waals surface area contributed by atoms with E-state index in [9.17, 15) is 13.2 Å². The molecule has 0 aliphatic heterocycles. The monoisotopic (exact) mass is 387 g/mol. The van der Waals surface area contributed by atoms with Gasteiger partial charge in [-0.2, -0.15) is 18.2 Å². The predicted molar refractivity (Wildman–Crippen MR) is 102 cm³/mol. The van der Waals surface area contributed by atoms with Crippen LogP contribution in [0.2, 0.25) is 0 Å². The van der Waals surface area contributed by atoms with E-state index >= 15 is 0 Å². The zero-order chi connectivity index (χ0) is 20.3. The van der Waals surface area contributed by atoms with Crippen molar-refractivity contribution < 1.29 is 17.9 Å². The van der Waals surface area contributed by atoms with Crippen molar-refractivity contribution in [3.05, 3.63) is 71.9 Å². The van der Waals surface area contributed by atoms with Gasteiger partial charge in [0, 0.05) is 18.9 Å². The Morgan fingerprint density at radius 1 is 0.964 bits per heavy atom. The molecule has 0 bridgehead atoms. The summed E-state index contributed by atoms with van der Waals surface area (Å²) in [6.07, 6.45) is -3.88. The van der Waals surface area contributed by atoms with E-state index in [1.165, 1.54) is 5.56 Å². The first kappa shape index (κ1) is 19.7. The zero-order valence-electron chi connectivity index (χ0n) is 15.7. The molecule has 28 heavy (non-hydrogen) atoms. The summed E-state index contributed by atoms with van der Waals surface area (Å²) in [7, 11) is 1.69. The van der Waals surface area contributed by atoms with E-state index in [4.69, 9.17) is 4.74 Å². The Bertz CT molecular complexity index is 926. The van der Waals surface area contributed by atoms with Gasteiger partial charge in [0.25, 0.3) is 0 Å². The minimum Gasteiger partial charge on any atom is -0.438 e. The highest BCUT2D eigenvalue weighted by molar-refractivity contribution is 5.57. The Hall–Kier alpha value is -3.09. The molecular weight excluding hydrogens is 367 g/mol. The molecule has 1 heterocycles. The van der Waals surface area contributed by atoms with Crippen molar-refractivity contribution in [2.45, 2.75) is 25.9 Å². The van der Waals surface area contributed by atoms with Crippen molar-refractivity contribution in [3.63, 3.8) is 0 Å². The number of benzene rings is 2. The Kier molecular flexibility index (Phi) is 5.53. The molecule has 0 fully saturated rings. The van der Waals surface area contributed by atoms with Gasteiger partial charge in [0.15, 0.2) is 0 Å². The largest absolute Gasteiger partial charge is 0.438 e. The molecule has 0 saturated carbocycles. The lowest BCUT2D eigenvalue weighted by Crippen LogP contribution is -2.16. The maximum Gasteiger partial charge on any atom is 0.423 e. The van der Waals surface area contributed by atoms with Crippen LogP contribution in [0.5, 0.6) is 11.6 Å². The summed E-state index contributed by atoms with van der Waals surface area (Å²) in [6, 6.07) is 15.9. The molecule has 0 unspecified atom stereocenters. The van der Waals surface area contributed by atoms with Gasteiger partial charge in [-0.1, -0.05) is 44.2 Å². The molecule has 0 spiro atoms. The topological polar surface area (TPSA) is 38.2 Å². The quantitative estimate of drug-likeness (QED) is 0.524. The van der Waals surface area contributed by atoms with Gasteiger partial charge >= 0.3 is 6.18 Å². The minimum absolute atomic E-state index is 0.108. The van der Waals surface area contributed by atoms with E-state index in [0.29, 0.717) is 5.92 Å². The third-order valence-electron chi connectivity index (χ3n) is 4.25. The van der Waals surface area contributed by atoms with E-state index in [2.05, 4.69) is 23.8 Å². The summed E-state index contributed by atoms with van der Waals surface area (Å²) in [5.41, 5.74) is 0.900. The van der Waals surface area contributed by atoms with E-state index < -0.39 is 17.6 Å². The Labute approximate surface area is 161 Å². The summed E-state index contributed by atoms with van der Waals surface area (Å²) in [5.74, 6) is 0.222. The Balaban J connectivity index is 1.96. The van der Waals surface area contributed by atoms with Gasteiger partial charge in [-0.05, 0) is 35.7 Å². The standard InChI is InChI=1S/C21H20F3N3O/c1-14(2)15-9-11-16(12-10-15)27(3)20-25-13-18(21(22,23)24)19(26-20)28-17-7-5-4-6-8-17/h4-14H,1-3H3. The average molecular weight is 387 g/mol. The highest BCUT2D eigenvalue weighted by Crippen LogP contribution is 2.37. The maximum absolute atomic E-state index is 13.4. The predicted octanol–water partition coefficient (Wildman–Crippen LogP) is 6.18. The second kappa shape index (κ2) is 7.88. The van der Waals surface area contributed by atoms with Gasteiger partial charge in [0.2, 0.25) is 11.8 Å². The van der Waals surface area contributed by atoms with Gasteiger partial charge in [-0.25, -0.2) is 4.98 Å². The molecule has 3 aromatic rings. The summed E-state index contributed by atoms with van der Waals surface area (Å²) >= 11 is 0. The van der Waals surface area contributed by atoms with Gasteiger partial charge in [-0.3, -0.25) is 0 Å². The molecule has 3 rings (SSSR count). The van der Waals surface area contributed by atoms with E-state index in [0.717, 1.165) is 11.9 Å². The van der Waals surface area contributed by atoms with Crippen LogP contribution in [-0.4, -0.2) is 17.0 Å². The van der Waals surface area contributed by atoms with Crippen LogP contribution in [0.4, 0.5) is 24.8 Å². The number of halogens is 3. The molecule has 2 aromatic carbocycles. The smallest absolute Gasteiger partial charge is 0.423 e. The fourth-order valence-corrected chi connectivity index (χ4v) is 2.59. The maximum atomic E-state index is 13.4. The molecule has 0 radical (unpaired) electrons.